The van der Waals surface area contributed by atoms with E-state index in [2.05, 4.69) is 15.9 Å². The highest BCUT2D eigenvalue weighted by atomic mass is 32.2. The van der Waals surface area contributed by atoms with Crippen LogP contribution in [0.2, 0.25) is 0 Å². The minimum Gasteiger partial charge on any atom is -0.479 e. The number of nitrogens with zero attached hydrogens (tertiary/aromatic N) is 2. The summed E-state index contributed by atoms with van der Waals surface area (Å²) in [5.74, 6) is 0.341. The molecule has 0 bridgehead atoms. The molecule has 0 spiro atoms. The van der Waals surface area contributed by atoms with E-state index in [0.717, 1.165) is 6.07 Å². The van der Waals surface area contributed by atoms with Crippen molar-refractivity contribution in [2.45, 2.75) is 30.1 Å². The number of aliphatic imine (C=N–C) groups is 1. The standard InChI is InChI=1S/C24H23F2N3O3S/c1-4-7-32-15-5-6-18(28-12-15)19(30)10-14-8-16(21(26)17(25)9-14)23(2)20-11-24(20,13-31-3)33-22(27)29-23/h1,5-6,8-9,12,20H,7,10-11,13H2,2-3H3,(H2,27,29)/t20-,23+,24+/m0/s1. The van der Waals surface area contributed by atoms with Crippen LogP contribution in [0.25, 0.3) is 0 Å². The van der Waals surface area contributed by atoms with Gasteiger partial charge in [0.1, 0.15) is 18.1 Å². The maximum atomic E-state index is 15.0. The van der Waals surface area contributed by atoms with Crippen molar-refractivity contribution < 1.29 is 23.0 Å². The normalized spacial score (nSPS) is 25.5. The summed E-state index contributed by atoms with van der Waals surface area (Å²) in [5.41, 5.74) is 5.59. The van der Waals surface area contributed by atoms with Crippen LogP contribution in [0.15, 0.2) is 35.5 Å². The molecule has 2 aliphatic rings. The number of amidine groups is 1. The Morgan fingerprint density at radius 3 is 2.85 bits per heavy atom. The zero-order valence-electron chi connectivity index (χ0n) is 18.2. The molecule has 3 atom stereocenters. The monoisotopic (exact) mass is 471 g/mol. The van der Waals surface area contributed by atoms with Crippen molar-refractivity contribution in [2.75, 3.05) is 20.3 Å². The SMILES string of the molecule is C#CCOc1ccc(C(=O)Cc2cc(F)c(F)c([C@@]3(C)N=C(N)S[C@@]4(COC)C[C@H]43)c2)nc1. The zero-order chi connectivity index (χ0) is 23.8. The molecule has 0 saturated heterocycles. The van der Waals surface area contributed by atoms with E-state index in [-0.39, 0.29) is 40.7 Å². The van der Waals surface area contributed by atoms with E-state index >= 15 is 0 Å². The Balaban J connectivity index is 1.61. The molecule has 4 rings (SSSR count). The first kappa shape index (κ1) is 23.2. The van der Waals surface area contributed by atoms with Gasteiger partial charge in [-0.05, 0) is 43.2 Å². The van der Waals surface area contributed by atoms with Gasteiger partial charge in [0, 0.05) is 25.0 Å². The van der Waals surface area contributed by atoms with Crippen molar-refractivity contribution in [3.8, 4) is 18.1 Å². The number of hydrogen-bond acceptors (Lipinski definition) is 7. The molecule has 1 fully saturated rings. The molecule has 33 heavy (non-hydrogen) atoms. The molecule has 2 aromatic rings. The molecule has 0 unspecified atom stereocenters. The number of rotatable bonds is 8. The third kappa shape index (κ3) is 4.33. The molecule has 1 aliphatic carbocycles. The summed E-state index contributed by atoms with van der Waals surface area (Å²) < 4.78 is 39.9. The number of ketones is 1. The zero-order valence-corrected chi connectivity index (χ0v) is 19.0. The average molecular weight is 472 g/mol. The summed E-state index contributed by atoms with van der Waals surface area (Å²) in [6.45, 7) is 2.27. The van der Waals surface area contributed by atoms with Crippen molar-refractivity contribution in [3.63, 3.8) is 0 Å². The summed E-state index contributed by atoms with van der Waals surface area (Å²) in [7, 11) is 1.60. The highest BCUT2D eigenvalue weighted by molar-refractivity contribution is 8.15. The number of nitrogens with two attached hydrogens (primary N) is 1. The minimum absolute atomic E-state index is 0.0701. The number of pyridine rings is 1. The molecular weight excluding hydrogens is 448 g/mol. The lowest BCUT2D eigenvalue weighted by molar-refractivity contribution is 0.0988. The Bertz CT molecular complexity index is 1160. The molecule has 2 heterocycles. The van der Waals surface area contributed by atoms with Gasteiger partial charge in [-0.25, -0.2) is 13.8 Å². The first-order valence-electron chi connectivity index (χ1n) is 10.3. The smallest absolute Gasteiger partial charge is 0.185 e. The van der Waals surface area contributed by atoms with E-state index < -0.39 is 17.2 Å². The van der Waals surface area contributed by atoms with Gasteiger partial charge < -0.3 is 15.2 Å². The van der Waals surface area contributed by atoms with Crippen LogP contribution >= 0.6 is 11.8 Å². The lowest BCUT2D eigenvalue weighted by atomic mass is 9.84. The molecular formula is C24H23F2N3O3S. The predicted octanol–water partition coefficient (Wildman–Crippen LogP) is 3.48. The molecule has 1 aliphatic heterocycles. The number of methoxy groups -OCH3 is 1. The first-order chi connectivity index (χ1) is 15.7. The van der Waals surface area contributed by atoms with E-state index in [0.29, 0.717) is 29.5 Å². The van der Waals surface area contributed by atoms with Crippen LogP contribution in [0.5, 0.6) is 5.75 Å². The lowest BCUT2D eigenvalue weighted by Gasteiger charge is -2.34. The number of fused-ring (bicyclic) bond motifs is 1. The van der Waals surface area contributed by atoms with Crippen molar-refractivity contribution in [3.05, 3.63) is 58.9 Å². The second-order valence-electron chi connectivity index (χ2n) is 8.37. The van der Waals surface area contributed by atoms with E-state index in [4.69, 9.17) is 21.6 Å². The highest BCUT2D eigenvalue weighted by Gasteiger charge is 2.66. The van der Waals surface area contributed by atoms with Gasteiger partial charge >= 0.3 is 0 Å². The summed E-state index contributed by atoms with van der Waals surface area (Å²) in [6.07, 6.45) is 7.10. The van der Waals surface area contributed by atoms with Gasteiger partial charge in [0.2, 0.25) is 0 Å². The van der Waals surface area contributed by atoms with Gasteiger partial charge in [-0.15, -0.1) is 6.42 Å². The van der Waals surface area contributed by atoms with E-state index in [1.54, 1.807) is 20.1 Å². The Hall–Kier alpha value is -2.96. The molecule has 1 saturated carbocycles. The maximum Gasteiger partial charge on any atom is 0.185 e. The number of ether oxygens (including phenoxy) is 2. The molecule has 172 valence electrons. The minimum atomic E-state index is -1.06. The Morgan fingerprint density at radius 2 is 2.18 bits per heavy atom. The Morgan fingerprint density at radius 1 is 1.39 bits per heavy atom. The molecule has 1 aromatic carbocycles. The molecule has 9 heteroatoms. The van der Waals surface area contributed by atoms with E-state index in [9.17, 15) is 13.6 Å². The van der Waals surface area contributed by atoms with Crippen molar-refractivity contribution in [2.24, 2.45) is 16.6 Å². The number of hydrogen-bond donors (Lipinski definition) is 1. The topological polar surface area (TPSA) is 86.8 Å². The summed E-state index contributed by atoms with van der Waals surface area (Å²) in [5, 5.41) is 0.306. The third-order valence-corrected chi connectivity index (χ3v) is 7.36. The second kappa shape index (κ2) is 8.76. The van der Waals surface area contributed by atoms with Crippen molar-refractivity contribution >= 4 is 22.7 Å². The van der Waals surface area contributed by atoms with Crippen LogP contribution < -0.4 is 10.5 Å². The average Bonchev–Trinajstić information content (AvgIpc) is 3.49. The first-order valence-corrected chi connectivity index (χ1v) is 11.1. The molecule has 1 aromatic heterocycles. The van der Waals surface area contributed by atoms with E-state index in [1.807, 2.05) is 0 Å². The lowest BCUT2D eigenvalue weighted by Crippen LogP contribution is -2.38. The number of aromatic nitrogens is 1. The molecule has 6 nitrogen and oxygen atoms in total. The quantitative estimate of drug-likeness (QED) is 0.469. The van der Waals surface area contributed by atoms with Crippen LogP contribution in [0.1, 0.15) is 35.0 Å². The third-order valence-electron chi connectivity index (χ3n) is 6.08. The van der Waals surface area contributed by atoms with Crippen LogP contribution in [0.4, 0.5) is 8.78 Å². The summed E-state index contributed by atoms with van der Waals surface area (Å²) in [6, 6.07) is 5.62. The molecule has 0 amide bonds. The van der Waals surface area contributed by atoms with Crippen LogP contribution in [-0.2, 0) is 16.7 Å². The Kier molecular flexibility index (Phi) is 6.16. The van der Waals surface area contributed by atoms with Crippen LogP contribution in [0, 0.1) is 29.9 Å². The second-order valence-corrected chi connectivity index (χ2v) is 9.80. The fraction of sp³-hybridized carbons (Fsp3) is 0.375. The largest absolute Gasteiger partial charge is 0.479 e. The van der Waals surface area contributed by atoms with Gasteiger partial charge in [0.05, 0.1) is 23.1 Å². The number of Topliss-reactive ketones (excluding diaryl/α,β-unsaturated/α-hetero) is 1. The fourth-order valence-corrected chi connectivity index (χ4v) is 5.93. The number of benzene rings is 1. The van der Waals surface area contributed by atoms with Gasteiger partial charge in [-0.3, -0.25) is 9.79 Å². The molecule has 0 radical (unpaired) electrons. The number of halogens is 2. The van der Waals surface area contributed by atoms with Crippen molar-refractivity contribution in [1.82, 2.24) is 4.98 Å². The number of thioether (sulfide) groups is 1. The van der Waals surface area contributed by atoms with E-state index in [1.165, 1.54) is 30.1 Å². The number of terminal acetylenes is 1. The number of carbonyl (C=O) groups is 1. The number of carbonyl (C=O) groups excluding carboxylic acids is 1. The van der Waals surface area contributed by atoms with Gasteiger partial charge in [-0.1, -0.05) is 17.7 Å². The summed E-state index contributed by atoms with van der Waals surface area (Å²) in [4.78, 5) is 21.3. The van der Waals surface area contributed by atoms with Gasteiger partial charge in [0.25, 0.3) is 0 Å². The van der Waals surface area contributed by atoms with Crippen LogP contribution in [-0.4, -0.2) is 41.0 Å². The van der Waals surface area contributed by atoms with Crippen LogP contribution in [0.3, 0.4) is 0 Å². The summed E-state index contributed by atoms with van der Waals surface area (Å²) >= 11 is 1.42. The fourth-order valence-electron chi connectivity index (χ4n) is 4.48. The maximum absolute atomic E-state index is 15.0. The Labute approximate surface area is 195 Å². The van der Waals surface area contributed by atoms with Gasteiger partial charge in [-0.2, -0.15) is 0 Å². The van der Waals surface area contributed by atoms with Gasteiger partial charge in [0.15, 0.2) is 22.6 Å². The molecule has 2 N–H and O–H groups in total. The van der Waals surface area contributed by atoms with Crippen molar-refractivity contribution in [1.29, 1.82) is 0 Å². The predicted molar refractivity (Wildman–Crippen MR) is 122 cm³/mol. The highest BCUT2D eigenvalue weighted by Crippen LogP contribution is 2.66.